The number of nitrogens with zero attached hydrogens (tertiary/aromatic N) is 1. The van der Waals surface area contributed by atoms with Crippen LogP contribution in [-0.4, -0.2) is 31.1 Å². The number of hydrogen-bond acceptors (Lipinski definition) is 4. The van der Waals surface area contributed by atoms with Crippen molar-refractivity contribution in [1.29, 1.82) is 0 Å². The summed E-state index contributed by atoms with van der Waals surface area (Å²) >= 11 is 5.73. The van der Waals surface area contributed by atoms with Crippen LogP contribution in [0.25, 0.3) is 0 Å². The van der Waals surface area contributed by atoms with E-state index in [1.54, 1.807) is 13.2 Å². The highest BCUT2D eigenvalue weighted by Gasteiger charge is 2.05. The summed E-state index contributed by atoms with van der Waals surface area (Å²) in [7, 11) is 1.58. The summed E-state index contributed by atoms with van der Waals surface area (Å²) in [5.74, 6) is 0.264. The Morgan fingerprint density at radius 3 is 2.80 bits per heavy atom. The summed E-state index contributed by atoms with van der Waals surface area (Å²) in [6.07, 6.45) is 0. The van der Waals surface area contributed by atoms with Crippen LogP contribution >= 0.6 is 11.6 Å². The second kappa shape index (κ2) is 5.68. The molecule has 0 atom stereocenters. The van der Waals surface area contributed by atoms with Crippen molar-refractivity contribution in [3.8, 4) is 5.88 Å². The van der Waals surface area contributed by atoms with Crippen LogP contribution in [0.15, 0.2) is 12.1 Å². The van der Waals surface area contributed by atoms with Gasteiger partial charge in [0.1, 0.15) is 11.8 Å². The van der Waals surface area contributed by atoms with Gasteiger partial charge in [-0.15, -0.1) is 0 Å². The van der Waals surface area contributed by atoms with E-state index >= 15 is 0 Å². The lowest BCUT2D eigenvalue weighted by Crippen LogP contribution is -2.06. The summed E-state index contributed by atoms with van der Waals surface area (Å²) in [5, 5.41) is 0.245. The lowest BCUT2D eigenvalue weighted by atomic mass is 10.2. The molecule has 1 rings (SSSR count). The highest BCUT2D eigenvalue weighted by molar-refractivity contribution is 6.29. The van der Waals surface area contributed by atoms with Gasteiger partial charge in [-0.25, -0.2) is 4.98 Å². The molecular formula is C10H12ClNO3. The van der Waals surface area contributed by atoms with Crippen molar-refractivity contribution in [2.75, 3.05) is 20.3 Å². The monoisotopic (exact) mass is 229 g/mol. The van der Waals surface area contributed by atoms with Crippen molar-refractivity contribution < 1.29 is 14.3 Å². The van der Waals surface area contributed by atoms with Gasteiger partial charge in [-0.3, -0.25) is 4.79 Å². The SMILES string of the molecule is COCCOc1cc(C(C)=O)cc(Cl)n1. The average molecular weight is 230 g/mol. The largest absolute Gasteiger partial charge is 0.475 e. The normalized spacial score (nSPS) is 10.1. The van der Waals surface area contributed by atoms with Gasteiger partial charge in [0.05, 0.1) is 6.61 Å². The van der Waals surface area contributed by atoms with Crippen LogP contribution in [0.1, 0.15) is 17.3 Å². The van der Waals surface area contributed by atoms with Crippen LogP contribution in [0.3, 0.4) is 0 Å². The summed E-state index contributed by atoms with van der Waals surface area (Å²) in [6, 6.07) is 3.07. The Hall–Kier alpha value is -1.13. The van der Waals surface area contributed by atoms with Gasteiger partial charge in [-0.1, -0.05) is 11.6 Å². The van der Waals surface area contributed by atoms with Crippen molar-refractivity contribution in [3.05, 3.63) is 22.8 Å². The first-order chi connectivity index (χ1) is 7.13. The standard InChI is InChI=1S/C10H12ClNO3/c1-7(13)8-5-9(11)12-10(6-8)15-4-3-14-2/h5-6H,3-4H2,1-2H3. The zero-order valence-corrected chi connectivity index (χ0v) is 9.37. The molecule has 0 saturated carbocycles. The Labute approximate surface area is 93.2 Å². The highest BCUT2D eigenvalue weighted by atomic mass is 35.5. The van der Waals surface area contributed by atoms with Crippen molar-refractivity contribution >= 4 is 17.4 Å². The summed E-state index contributed by atoms with van der Waals surface area (Å²) in [5.41, 5.74) is 0.488. The van der Waals surface area contributed by atoms with Gasteiger partial charge in [-0.05, 0) is 13.0 Å². The minimum atomic E-state index is -0.0732. The lowest BCUT2D eigenvalue weighted by Gasteiger charge is -2.05. The van der Waals surface area contributed by atoms with Crippen LogP contribution in [0.2, 0.25) is 5.15 Å². The van der Waals surface area contributed by atoms with Crippen molar-refractivity contribution in [2.45, 2.75) is 6.92 Å². The third kappa shape index (κ3) is 3.85. The molecule has 0 saturated heterocycles. The molecule has 0 aliphatic heterocycles. The van der Waals surface area contributed by atoms with E-state index in [1.807, 2.05) is 0 Å². The molecule has 0 aromatic carbocycles. The molecule has 1 aromatic heterocycles. The number of carbonyl (C=O) groups excluding carboxylic acids is 1. The van der Waals surface area contributed by atoms with E-state index in [-0.39, 0.29) is 10.9 Å². The molecule has 4 nitrogen and oxygen atoms in total. The van der Waals surface area contributed by atoms with Gasteiger partial charge in [0.2, 0.25) is 5.88 Å². The fraction of sp³-hybridized carbons (Fsp3) is 0.400. The molecular weight excluding hydrogens is 218 g/mol. The molecule has 0 bridgehead atoms. The number of methoxy groups -OCH3 is 1. The Morgan fingerprint density at radius 2 is 2.20 bits per heavy atom. The number of aromatic nitrogens is 1. The molecule has 0 unspecified atom stereocenters. The lowest BCUT2D eigenvalue weighted by molar-refractivity contribution is 0.101. The molecule has 0 spiro atoms. The van der Waals surface area contributed by atoms with E-state index in [0.717, 1.165) is 0 Å². The average Bonchev–Trinajstić information content (AvgIpc) is 2.17. The van der Waals surface area contributed by atoms with Gasteiger partial charge in [0.15, 0.2) is 5.78 Å². The molecule has 0 radical (unpaired) electrons. The van der Waals surface area contributed by atoms with Crippen LogP contribution in [0, 0.1) is 0 Å². The second-order valence-corrected chi connectivity index (χ2v) is 3.30. The van der Waals surface area contributed by atoms with Crippen LogP contribution in [0.5, 0.6) is 5.88 Å². The van der Waals surface area contributed by atoms with E-state index in [9.17, 15) is 4.79 Å². The van der Waals surface area contributed by atoms with Crippen molar-refractivity contribution in [3.63, 3.8) is 0 Å². The zero-order valence-electron chi connectivity index (χ0n) is 8.62. The summed E-state index contributed by atoms with van der Waals surface area (Å²) in [6.45, 7) is 2.30. The van der Waals surface area contributed by atoms with Crippen LogP contribution in [0.4, 0.5) is 0 Å². The fourth-order valence-electron chi connectivity index (χ4n) is 0.980. The van der Waals surface area contributed by atoms with Gasteiger partial charge < -0.3 is 9.47 Å². The maximum atomic E-state index is 11.1. The van der Waals surface area contributed by atoms with E-state index in [4.69, 9.17) is 21.1 Å². The molecule has 0 aliphatic rings. The summed E-state index contributed by atoms with van der Waals surface area (Å²) in [4.78, 5) is 15.0. The topological polar surface area (TPSA) is 48.4 Å². The second-order valence-electron chi connectivity index (χ2n) is 2.91. The maximum Gasteiger partial charge on any atom is 0.215 e. The highest BCUT2D eigenvalue weighted by Crippen LogP contribution is 2.16. The van der Waals surface area contributed by atoms with E-state index in [1.165, 1.54) is 13.0 Å². The van der Waals surface area contributed by atoms with E-state index in [2.05, 4.69) is 4.98 Å². The Bertz CT molecular complexity index is 355. The van der Waals surface area contributed by atoms with Gasteiger partial charge in [-0.2, -0.15) is 0 Å². The molecule has 82 valence electrons. The molecule has 1 heterocycles. The molecule has 1 aromatic rings. The minimum absolute atomic E-state index is 0.0732. The quantitative estimate of drug-likeness (QED) is 0.440. The Morgan fingerprint density at radius 1 is 1.47 bits per heavy atom. The smallest absolute Gasteiger partial charge is 0.215 e. The first kappa shape index (κ1) is 11.9. The predicted octanol–water partition coefficient (Wildman–Crippen LogP) is 1.96. The molecule has 15 heavy (non-hydrogen) atoms. The molecule has 0 fully saturated rings. The number of Topliss-reactive ketones (excluding diaryl/α,β-unsaturated/α-hetero) is 1. The third-order valence-corrected chi connectivity index (χ3v) is 1.91. The number of pyridine rings is 1. The summed E-state index contributed by atoms with van der Waals surface area (Å²) < 4.78 is 10.1. The van der Waals surface area contributed by atoms with Gasteiger partial charge >= 0.3 is 0 Å². The molecule has 0 amide bonds. The van der Waals surface area contributed by atoms with E-state index < -0.39 is 0 Å². The zero-order chi connectivity index (χ0) is 11.3. The van der Waals surface area contributed by atoms with Crippen LogP contribution < -0.4 is 4.74 Å². The predicted molar refractivity (Wildman–Crippen MR) is 56.6 cm³/mol. The first-order valence-corrected chi connectivity index (χ1v) is 4.81. The van der Waals surface area contributed by atoms with Crippen molar-refractivity contribution in [1.82, 2.24) is 4.98 Å². The third-order valence-electron chi connectivity index (χ3n) is 1.71. The number of carbonyl (C=O) groups is 1. The minimum Gasteiger partial charge on any atom is -0.475 e. The van der Waals surface area contributed by atoms with Crippen molar-refractivity contribution in [2.24, 2.45) is 0 Å². The van der Waals surface area contributed by atoms with Gasteiger partial charge in [0.25, 0.3) is 0 Å². The fourth-order valence-corrected chi connectivity index (χ4v) is 1.18. The number of rotatable bonds is 5. The Kier molecular flexibility index (Phi) is 4.52. The number of halogens is 1. The Balaban J connectivity index is 2.75. The van der Waals surface area contributed by atoms with E-state index in [0.29, 0.717) is 24.7 Å². The first-order valence-electron chi connectivity index (χ1n) is 4.43. The van der Waals surface area contributed by atoms with Gasteiger partial charge in [0, 0.05) is 18.7 Å². The number of ether oxygens (including phenoxy) is 2. The number of ketones is 1. The number of hydrogen-bond donors (Lipinski definition) is 0. The molecule has 5 heteroatoms. The van der Waals surface area contributed by atoms with Crippen LogP contribution in [-0.2, 0) is 4.74 Å². The maximum absolute atomic E-state index is 11.1. The molecule has 0 N–H and O–H groups in total. The molecule has 0 aliphatic carbocycles.